The number of benzene rings is 2. The smallest absolute Gasteiger partial charge is 0.325 e. The van der Waals surface area contributed by atoms with Crippen LogP contribution in [0.4, 0.5) is 0 Å². The molecule has 0 atom stereocenters. The van der Waals surface area contributed by atoms with E-state index >= 15 is 0 Å². The first-order valence-corrected chi connectivity index (χ1v) is 13.5. The van der Waals surface area contributed by atoms with Gasteiger partial charge < -0.3 is 20.1 Å². The summed E-state index contributed by atoms with van der Waals surface area (Å²) in [6, 6.07) is 13.0. The van der Waals surface area contributed by atoms with Crippen molar-refractivity contribution in [2.45, 2.75) is 11.3 Å². The minimum atomic E-state index is -4.25. The van der Waals surface area contributed by atoms with Crippen LogP contribution in [0.1, 0.15) is 36.8 Å². The molecule has 2 aromatic carbocycles. The number of hydrogen-bond donors (Lipinski definition) is 3. The number of rotatable bonds is 11. The van der Waals surface area contributed by atoms with Crippen LogP contribution in [0.5, 0.6) is 5.75 Å². The number of sulfonamides is 1. The first-order valence-electron chi connectivity index (χ1n) is 11.6. The summed E-state index contributed by atoms with van der Waals surface area (Å²) in [5, 5.41) is 5.40. The zero-order valence-corrected chi connectivity index (χ0v) is 23.0. The second-order valence-electron chi connectivity index (χ2n) is 8.12. The Morgan fingerprint density at radius 2 is 1.70 bits per heavy atom. The molecule has 0 saturated carbocycles. The Kier molecular flexibility index (Phi) is 10.2. The van der Waals surface area contributed by atoms with Gasteiger partial charge in [-0.25, -0.2) is 13.1 Å². The molecule has 0 aliphatic heterocycles. The van der Waals surface area contributed by atoms with Gasteiger partial charge in [-0.1, -0.05) is 23.7 Å². The largest absolute Gasteiger partial charge is 0.496 e. The molecule has 3 aromatic rings. The number of carbonyl (C=O) groups is 4. The van der Waals surface area contributed by atoms with Crippen LogP contribution in [0.3, 0.4) is 0 Å². The Bertz CT molecular complexity index is 1530. The van der Waals surface area contributed by atoms with Crippen molar-refractivity contribution in [3.05, 3.63) is 88.2 Å². The third kappa shape index (κ3) is 8.01. The molecule has 0 bridgehead atoms. The number of nitrogens with zero attached hydrogens (tertiary/aromatic N) is 1. The zero-order chi connectivity index (χ0) is 29.3. The summed E-state index contributed by atoms with van der Waals surface area (Å²) >= 11 is 5.97. The van der Waals surface area contributed by atoms with Gasteiger partial charge in [0.2, 0.25) is 0 Å². The van der Waals surface area contributed by atoms with Crippen LogP contribution in [0.15, 0.2) is 65.7 Å². The highest BCUT2D eigenvalue weighted by atomic mass is 35.5. The third-order valence-corrected chi connectivity index (χ3v) is 6.98. The monoisotopic (exact) mass is 588 g/mol. The molecule has 0 saturated heterocycles. The SMILES string of the molecule is COC(=O)CNC(=O)c1ccc(C(=O)NS(=O)(=O)c2cccc(CCNC(=O)c3cc(Cl)ccc3OC)c2)cn1. The maximum absolute atomic E-state index is 12.8. The van der Waals surface area contributed by atoms with Gasteiger partial charge in [0, 0.05) is 17.8 Å². The van der Waals surface area contributed by atoms with E-state index in [4.69, 9.17) is 16.3 Å². The number of ether oxygens (including phenoxy) is 2. The highest BCUT2D eigenvalue weighted by molar-refractivity contribution is 7.90. The molecule has 14 heteroatoms. The van der Waals surface area contributed by atoms with Gasteiger partial charge in [-0.05, 0) is 54.4 Å². The summed E-state index contributed by atoms with van der Waals surface area (Å²) in [6.45, 7) is -0.171. The predicted octanol–water partition coefficient (Wildman–Crippen LogP) is 1.74. The lowest BCUT2D eigenvalue weighted by Gasteiger charge is -2.11. The standard InChI is InChI=1S/C26H25ClN4O8S/c1-38-22-9-7-18(27)13-20(22)25(34)28-11-10-16-4-3-5-19(12-16)40(36,37)31-24(33)17-6-8-21(29-14-17)26(35)30-15-23(32)39-2/h3-9,12-14H,10-11,15H2,1-2H3,(H,28,34)(H,30,35)(H,31,33). The van der Waals surface area contributed by atoms with Crippen LogP contribution < -0.4 is 20.1 Å². The van der Waals surface area contributed by atoms with Crippen molar-refractivity contribution in [3.63, 3.8) is 0 Å². The third-order valence-electron chi connectivity index (χ3n) is 5.42. The van der Waals surface area contributed by atoms with Gasteiger partial charge >= 0.3 is 5.97 Å². The summed E-state index contributed by atoms with van der Waals surface area (Å²) in [5.41, 5.74) is 0.663. The Labute approximate surface area is 235 Å². The minimum absolute atomic E-state index is 0.0862. The van der Waals surface area contributed by atoms with Crippen molar-refractivity contribution in [2.24, 2.45) is 0 Å². The maximum Gasteiger partial charge on any atom is 0.325 e. The molecule has 210 valence electrons. The Balaban J connectivity index is 1.60. The van der Waals surface area contributed by atoms with E-state index in [1.165, 1.54) is 50.6 Å². The van der Waals surface area contributed by atoms with Crippen molar-refractivity contribution in [2.75, 3.05) is 27.3 Å². The zero-order valence-electron chi connectivity index (χ0n) is 21.4. The van der Waals surface area contributed by atoms with Crippen molar-refractivity contribution in [3.8, 4) is 5.75 Å². The lowest BCUT2D eigenvalue weighted by Crippen LogP contribution is -2.32. The number of methoxy groups -OCH3 is 2. The van der Waals surface area contributed by atoms with E-state index in [0.717, 1.165) is 6.20 Å². The van der Waals surface area contributed by atoms with E-state index in [9.17, 15) is 27.6 Å². The first kappa shape index (κ1) is 30.1. The molecule has 12 nitrogen and oxygen atoms in total. The first-order chi connectivity index (χ1) is 19.0. The number of pyridine rings is 1. The van der Waals surface area contributed by atoms with Crippen LogP contribution in [0.2, 0.25) is 5.02 Å². The van der Waals surface area contributed by atoms with Gasteiger partial charge in [0.15, 0.2) is 0 Å². The molecule has 0 fully saturated rings. The van der Waals surface area contributed by atoms with Crippen LogP contribution in [-0.4, -0.2) is 64.4 Å². The fourth-order valence-corrected chi connectivity index (χ4v) is 4.58. The average molecular weight is 589 g/mol. The van der Waals surface area contributed by atoms with E-state index in [0.29, 0.717) is 22.8 Å². The number of esters is 1. The molecule has 3 N–H and O–H groups in total. The highest BCUT2D eigenvalue weighted by Gasteiger charge is 2.20. The summed E-state index contributed by atoms with van der Waals surface area (Å²) in [4.78, 5) is 51.9. The number of hydrogen-bond acceptors (Lipinski definition) is 9. The molecule has 0 spiro atoms. The van der Waals surface area contributed by atoms with Gasteiger partial charge in [0.1, 0.15) is 18.0 Å². The molecule has 3 rings (SSSR count). The fourth-order valence-electron chi connectivity index (χ4n) is 3.36. The van der Waals surface area contributed by atoms with E-state index < -0.39 is 33.7 Å². The van der Waals surface area contributed by atoms with Crippen molar-refractivity contribution < 1.29 is 37.1 Å². The lowest BCUT2D eigenvalue weighted by atomic mass is 10.1. The quantitative estimate of drug-likeness (QED) is 0.282. The lowest BCUT2D eigenvalue weighted by molar-refractivity contribution is -0.139. The molecule has 0 radical (unpaired) electrons. The second kappa shape index (κ2) is 13.5. The van der Waals surface area contributed by atoms with Gasteiger partial charge in [-0.3, -0.25) is 24.2 Å². The van der Waals surface area contributed by atoms with Gasteiger partial charge in [0.25, 0.3) is 27.7 Å². The number of amides is 3. The van der Waals surface area contributed by atoms with Gasteiger partial charge in [-0.2, -0.15) is 0 Å². The van der Waals surface area contributed by atoms with Crippen LogP contribution in [0.25, 0.3) is 0 Å². The summed E-state index contributed by atoms with van der Waals surface area (Å²) in [6.07, 6.45) is 1.33. The predicted molar refractivity (Wildman–Crippen MR) is 144 cm³/mol. The average Bonchev–Trinajstić information content (AvgIpc) is 2.95. The van der Waals surface area contributed by atoms with Crippen LogP contribution in [-0.2, 0) is 26.0 Å². The molecule has 1 aromatic heterocycles. The molecule has 0 aliphatic rings. The van der Waals surface area contributed by atoms with Crippen LogP contribution >= 0.6 is 11.6 Å². The number of halogens is 1. The molecular formula is C26H25ClN4O8S. The second-order valence-corrected chi connectivity index (χ2v) is 10.2. The number of nitrogens with one attached hydrogen (secondary N) is 3. The van der Waals surface area contributed by atoms with E-state index in [1.807, 2.05) is 4.72 Å². The molecule has 1 heterocycles. The van der Waals surface area contributed by atoms with E-state index in [1.54, 1.807) is 18.2 Å². The van der Waals surface area contributed by atoms with E-state index in [2.05, 4.69) is 20.4 Å². The van der Waals surface area contributed by atoms with Crippen molar-refractivity contribution in [1.29, 1.82) is 0 Å². The summed E-state index contributed by atoms with van der Waals surface area (Å²) in [7, 11) is -1.64. The van der Waals surface area contributed by atoms with Crippen molar-refractivity contribution in [1.82, 2.24) is 20.3 Å². The van der Waals surface area contributed by atoms with Gasteiger partial charge in [0.05, 0.1) is 30.2 Å². The molecule has 0 aliphatic carbocycles. The molecule has 40 heavy (non-hydrogen) atoms. The highest BCUT2D eigenvalue weighted by Crippen LogP contribution is 2.22. The van der Waals surface area contributed by atoms with Crippen LogP contribution in [0, 0.1) is 0 Å². The van der Waals surface area contributed by atoms with E-state index in [-0.39, 0.29) is 34.8 Å². The molecule has 3 amide bonds. The normalized spacial score (nSPS) is 10.8. The van der Waals surface area contributed by atoms with Gasteiger partial charge in [-0.15, -0.1) is 0 Å². The Morgan fingerprint density at radius 1 is 0.925 bits per heavy atom. The fraction of sp³-hybridized carbons (Fsp3) is 0.192. The Hall–Kier alpha value is -4.49. The maximum atomic E-state index is 12.8. The molecule has 0 unspecified atom stereocenters. The summed E-state index contributed by atoms with van der Waals surface area (Å²) in [5.74, 6) is -2.33. The number of aromatic nitrogens is 1. The Morgan fingerprint density at radius 3 is 2.38 bits per heavy atom. The molecular weight excluding hydrogens is 564 g/mol. The summed E-state index contributed by atoms with van der Waals surface area (Å²) < 4.78 is 37.2. The van der Waals surface area contributed by atoms with Crippen molar-refractivity contribution >= 4 is 45.3 Å². The number of carbonyl (C=O) groups excluding carboxylic acids is 4. The topological polar surface area (TPSA) is 170 Å². The minimum Gasteiger partial charge on any atom is -0.496 e.